The van der Waals surface area contributed by atoms with Crippen molar-refractivity contribution < 1.29 is 0 Å². The zero-order valence-corrected chi connectivity index (χ0v) is 35.8. The van der Waals surface area contributed by atoms with Crippen LogP contribution < -0.4 is 4.90 Å². The molecule has 1 heteroatoms. The van der Waals surface area contributed by atoms with Crippen LogP contribution in [-0.4, -0.2) is 0 Å². The molecule has 0 aliphatic heterocycles. The summed E-state index contributed by atoms with van der Waals surface area (Å²) in [6.07, 6.45) is 7.16. The van der Waals surface area contributed by atoms with E-state index in [9.17, 15) is 0 Å². The van der Waals surface area contributed by atoms with Crippen LogP contribution in [-0.2, 0) is 29.1 Å². The van der Waals surface area contributed by atoms with Crippen molar-refractivity contribution in [2.45, 2.75) is 102 Å². The van der Waals surface area contributed by atoms with Crippen molar-refractivity contribution in [3.63, 3.8) is 0 Å². The number of rotatable bonds is 7. The molecule has 3 aliphatic rings. The fourth-order valence-electron chi connectivity index (χ4n) is 11.3. The molecule has 294 valence electrons. The van der Waals surface area contributed by atoms with Gasteiger partial charge in [-0.05, 0) is 152 Å². The molecule has 0 saturated carbocycles. The molecule has 3 aliphatic carbocycles. The van der Waals surface area contributed by atoms with E-state index in [0.717, 1.165) is 12.8 Å². The van der Waals surface area contributed by atoms with Crippen LogP contribution in [0.1, 0.15) is 123 Å². The average molecular weight is 768 g/mol. The molecule has 0 spiro atoms. The third kappa shape index (κ3) is 5.95. The normalized spacial score (nSPS) is 16.8. The van der Waals surface area contributed by atoms with Crippen LogP contribution in [0.2, 0.25) is 0 Å². The summed E-state index contributed by atoms with van der Waals surface area (Å²) in [5.74, 6) is 0.350. The first-order chi connectivity index (χ1) is 28.6. The maximum Gasteiger partial charge on any atom is 0.0714 e. The van der Waals surface area contributed by atoms with E-state index in [1.54, 1.807) is 0 Å². The Balaban J connectivity index is 1.39. The molecule has 0 bridgehead atoms. The summed E-state index contributed by atoms with van der Waals surface area (Å²) >= 11 is 0. The zero-order chi connectivity index (χ0) is 40.5. The molecule has 0 fully saturated rings. The third-order valence-electron chi connectivity index (χ3n) is 14.3. The lowest BCUT2D eigenvalue weighted by atomic mass is 9.61. The number of fused-ring (bicyclic) bond motifs is 5. The molecule has 0 N–H and O–H groups in total. The highest BCUT2D eigenvalue weighted by Gasteiger charge is 2.47. The van der Waals surface area contributed by atoms with Gasteiger partial charge in [-0.15, -0.1) is 0 Å². The van der Waals surface area contributed by atoms with Gasteiger partial charge in [0.2, 0.25) is 0 Å². The second-order valence-electron chi connectivity index (χ2n) is 19.2. The highest BCUT2D eigenvalue weighted by atomic mass is 15.1. The average Bonchev–Trinajstić information content (AvgIpc) is 3.55. The van der Waals surface area contributed by atoms with E-state index in [1.807, 2.05) is 0 Å². The fourth-order valence-corrected chi connectivity index (χ4v) is 11.3. The number of hydrogen-bond acceptors (Lipinski definition) is 1. The van der Waals surface area contributed by atoms with Gasteiger partial charge in [-0.2, -0.15) is 0 Å². The van der Waals surface area contributed by atoms with Gasteiger partial charge < -0.3 is 4.90 Å². The maximum atomic E-state index is 2.66. The van der Waals surface area contributed by atoms with Crippen molar-refractivity contribution in [1.82, 2.24) is 0 Å². The number of anilines is 3. The van der Waals surface area contributed by atoms with E-state index in [2.05, 4.69) is 204 Å². The predicted octanol–water partition coefficient (Wildman–Crippen LogP) is 15.5. The summed E-state index contributed by atoms with van der Waals surface area (Å²) in [6, 6.07) is 60.6. The van der Waals surface area contributed by atoms with Gasteiger partial charge in [0.15, 0.2) is 0 Å². The van der Waals surface area contributed by atoms with Gasteiger partial charge in [0, 0.05) is 16.9 Å². The van der Waals surface area contributed by atoms with Gasteiger partial charge >= 0.3 is 0 Å². The zero-order valence-electron chi connectivity index (χ0n) is 35.8. The summed E-state index contributed by atoms with van der Waals surface area (Å²) in [7, 11) is 0. The molecule has 7 aromatic rings. The van der Waals surface area contributed by atoms with Gasteiger partial charge in [0.05, 0.1) is 11.1 Å². The van der Waals surface area contributed by atoms with Crippen molar-refractivity contribution in [3.05, 3.63) is 208 Å². The Morgan fingerprint density at radius 2 is 1.02 bits per heavy atom. The minimum absolute atomic E-state index is 0.0139. The first-order valence-corrected chi connectivity index (χ1v) is 22.1. The van der Waals surface area contributed by atoms with Gasteiger partial charge in [-0.1, -0.05) is 169 Å². The number of hydrogen-bond donors (Lipinski definition) is 0. The highest BCUT2D eigenvalue weighted by molar-refractivity contribution is 5.98. The third-order valence-corrected chi connectivity index (χ3v) is 14.3. The number of aryl methyl sites for hydroxylation is 2. The Morgan fingerprint density at radius 1 is 0.458 bits per heavy atom. The van der Waals surface area contributed by atoms with Crippen LogP contribution in [0.5, 0.6) is 0 Å². The highest BCUT2D eigenvalue weighted by Crippen LogP contribution is 2.60. The summed E-state index contributed by atoms with van der Waals surface area (Å²) in [6.45, 7) is 14.6. The van der Waals surface area contributed by atoms with Crippen LogP contribution in [0.3, 0.4) is 0 Å². The van der Waals surface area contributed by atoms with E-state index in [1.165, 1.54) is 115 Å². The molecular weight excluding hydrogens is 711 g/mol. The largest absolute Gasteiger partial charge is 0.310 e. The quantitative estimate of drug-likeness (QED) is 0.156. The molecule has 0 radical (unpaired) electrons. The van der Waals surface area contributed by atoms with Crippen LogP contribution in [0, 0.1) is 0 Å². The fraction of sp³-hybridized carbons (Fsp3) is 0.276. The molecule has 1 nitrogen and oxygen atoms in total. The van der Waals surface area contributed by atoms with Gasteiger partial charge in [0.1, 0.15) is 0 Å². The molecule has 10 rings (SSSR count). The van der Waals surface area contributed by atoms with Gasteiger partial charge in [-0.3, -0.25) is 0 Å². The first-order valence-electron chi connectivity index (χ1n) is 22.1. The molecule has 7 aromatic carbocycles. The Morgan fingerprint density at radius 3 is 1.68 bits per heavy atom. The summed E-state index contributed by atoms with van der Waals surface area (Å²) in [5, 5.41) is 0. The predicted molar refractivity (Wildman–Crippen MR) is 250 cm³/mol. The lowest BCUT2D eigenvalue weighted by Crippen LogP contribution is -2.34. The van der Waals surface area contributed by atoms with Gasteiger partial charge in [-0.25, -0.2) is 0 Å². The Hall–Kier alpha value is -5.66. The van der Waals surface area contributed by atoms with E-state index in [4.69, 9.17) is 0 Å². The molecule has 59 heavy (non-hydrogen) atoms. The second-order valence-corrected chi connectivity index (χ2v) is 19.2. The number of para-hydroxylation sites is 1. The van der Waals surface area contributed by atoms with Crippen molar-refractivity contribution in [2.24, 2.45) is 0 Å². The summed E-state index contributed by atoms with van der Waals surface area (Å²) in [4.78, 5) is 2.66. The minimum atomic E-state index is -0.516. The minimum Gasteiger partial charge on any atom is -0.310 e. The summed E-state index contributed by atoms with van der Waals surface area (Å²) in [5.41, 5.74) is 21.3. The maximum absolute atomic E-state index is 2.66. The van der Waals surface area contributed by atoms with E-state index in [-0.39, 0.29) is 10.8 Å². The SMILES string of the molecule is CC(C)c1cc2c(cc1N(c1ccccc1)c1cc3c(cc1-c1cccc4c1C(C)(C)CCC4(C)C)-c1ccccc1C3(c1ccccc1)c1ccccc1)CCCC2. The lowest BCUT2D eigenvalue weighted by Gasteiger charge is -2.43. The molecule has 0 saturated heterocycles. The molecule has 0 amide bonds. The monoisotopic (exact) mass is 767 g/mol. The van der Waals surface area contributed by atoms with Gasteiger partial charge in [0.25, 0.3) is 0 Å². The molecule has 0 heterocycles. The lowest BCUT2D eigenvalue weighted by molar-refractivity contribution is 0.333. The van der Waals surface area contributed by atoms with Crippen molar-refractivity contribution in [2.75, 3.05) is 4.90 Å². The van der Waals surface area contributed by atoms with Crippen LogP contribution in [0.15, 0.2) is 158 Å². The topological polar surface area (TPSA) is 3.24 Å². The Kier molecular flexibility index (Phi) is 9.09. The van der Waals surface area contributed by atoms with Crippen LogP contribution in [0.4, 0.5) is 17.1 Å². The van der Waals surface area contributed by atoms with Crippen molar-refractivity contribution in [1.29, 1.82) is 0 Å². The Labute approximate surface area is 352 Å². The Bertz CT molecular complexity index is 2640. The van der Waals surface area contributed by atoms with Crippen molar-refractivity contribution in [3.8, 4) is 22.3 Å². The first kappa shape index (κ1) is 37.6. The summed E-state index contributed by atoms with van der Waals surface area (Å²) < 4.78 is 0. The standard InChI is InChI=1S/C58H57N/c1-39(2)47-35-40-21-16-17-22-41(40)36-53(47)59(44-27-14-9-15-28-44)54-38-52-48(37-49(54)46-30-20-32-51-55(46)57(5,6)34-33-56(51,3)4)45-29-18-19-31-50(45)58(52,42-23-10-7-11-24-42)43-25-12-8-13-26-43/h7-15,18-20,23-32,35-39H,16-17,21-22,33-34H2,1-6H3. The van der Waals surface area contributed by atoms with E-state index < -0.39 is 5.41 Å². The molecule has 0 unspecified atom stereocenters. The van der Waals surface area contributed by atoms with E-state index >= 15 is 0 Å². The van der Waals surface area contributed by atoms with Crippen LogP contribution in [0.25, 0.3) is 22.3 Å². The molecule has 0 atom stereocenters. The smallest absolute Gasteiger partial charge is 0.0714 e. The number of nitrogens with zero attached hydrogens (tertiary/aromatic N) is 1. The van der Waals surface area contributed by atoms with E-state index in [0.29, 0.717) is 5.92 Å². The molecule has 0 aromatic heterocycles. The van der Waals surface area contributed by atoms with Crippen LogP contribution >= 0.6 is 0 Å². The number of benzene rings is 7. The second kappa shape index (κ2) is 14.3. The molecular formula is C58H57N. The van der Waals surface area contributed by atoms with Crippen molar-refractivity contribution >= 4 is 17.1 Å².